The van der Waals surface area contributed by atoms with Crippen LogP contribution in [0.2, 0.25) is 0 Å². The first-order valence-electron chi connectivity index (χ1n) is 8.01. The van der Waals surface area contributed by atoms with Crippen LogP contribution in [0.4, 0.5) is 0 Å². The van der Waals surface area contributed by atoms with Gasteiger partial charge in [0.15, 0.2) is 0 Å². The van der Waals surface area contributed by atoms with Crippen molar-refractivity contribution in [2.45, 2.75) is 26.3 Å². The predicted molar refractivity (Wildman–Crippen MR) is 94.6 cm³/mol. The Hall–Kier alpha value is -2.55. The van der Waals surface area contributed by atoms with Crippen LogP contribution in [0.3, 0.4) is 0 Å². The molecule has 0 bridgehead atoms. The number of hydrogen-bond acceptors (Lipinski definition) is 1. The van der Waals surface area contributed by atoms with E-state index in [0.29, 0.717) is 0 Å². The number of fused-ring (bicyclic) bond motifs is 1. The number of amides is 1. The lowest BCUT2D eigenvalue weighted by Gasteiger charge is -2.17. The van der Waals surface area contributed by atoms with Crippen molar-refractivity contribution in [1.29, 1.82) is 0 Å². The lowest BCUT2D eigenvalue weighted by atomic mass is 10.0. The van der Waals surface area contributed by atoms with Gasteiger partial charge in [-0.25, -0.2) is 0 Å². The topological polar surface area (TPSA) is 34.0 Å². The maximum Gasteiger partial charge on any atom is 0.253 e. The van der Waals surface area contributed by atoms with E-state index in [2.05, 4.69) is 43.4 Å². The Kier molecular flexibility index (Phi) is 4.20. The fourth-order valence-electron chi connectivity index (χ4n) is 2.98. The number of para-hydroxylation sites is 1. The molecule has 0 saturated carbocycles. The summed E-state index contributed by atoms with van der Waals surface area (Å²) in [4.78, 5) is 12.8. The number of rotatable bonds is 4. The van der Waals surface area contributed by atoms with E-state index in [4.69, 9.17) is 0 Å². The predicted octanol–water partition coefficient (Wildman–Crippen LogP) is 4.37. The van der Waals surface area contributed by atoms with Crippen LogP contribution in [0, 0.1) is 6.92 Å². The summed E-state index contributed by atoms with van der Waals surface area (Å²) in [5.41, 5.74) is 4.17. The average Bonchev–Trinajstić information content (AvgIpc) is 2.91. The lowest BCUT2D eigenvalue weighted by molar-refractivity contribution is 0.0937. The lowest BCUT2D eigenvalue weighted by Crippen LogP contribution is -2.28. The molecule has 0 aliphatic heterocycles. The molecule has 1 aromatic heterocycles. The van der Waals surface area contributed by atoms with E-state index in [-0.39, 0.29) is 11.9 Å². The molecule has 0 aliphatic rings. The number of carbonyl (C=O) groups is 1. The first kappa shape index (κ1) is 15.3. The molecule has 3 heteroatoms. The number of hydrogen-bond donors (Lipinski definition) is 1. The molecule has 0 fully saturated rings. The van der Waals surface area contributed by atoms with Gasteiger partial charge in [0, 0.05) is 24.1 Å². The molecule has 23 heavy (non-hydrogen) atoms. The van der Waals surface area contributed by atoms with Crippen LogP contribution < -0.4 is 5.32 Å². The zero-order valence-electron chi connectivity index (χ0n) is 13.8. The minimum atomic E-state index is -0.0192. The van der Waals surface area contributed by atoms with Gasteiger partial charge in [-0.3, -0.25) is 4.79 Å². The van der Waals surface area contributed by atoms with E-state index in [9.17, 15) is 4.79 Å². The fraction of sp³-hybridized carbons (Fsp3) is 0.250. The molecule has 0 unspecified atom stereocenters. The summed E-state index contributed by atoms with van der Waals surface area (Å²) in [6.07, 6.45) is 2.77. The van der Waals surface area contributed by atoms with Gasteiger partial charge >= 0.3 is 0 Å². The second kappa shape index (κ2) is 6.29. The van der Waals surface area contributed by atoms with Crippen molar-refractivity contribution < 1.29 is 4.79 Å². The fourth-order valence-corrected chi connectivity index (χ4v) is 2.98. The van der Waals surface area contributed by atoms with Crippen LogP contribution in [-0.2, 0) is 7.05 Å². The van der Waals surface area contributed by atoms with Gasteiger partial charge in [-0.2, -0.15) is 0 Å². The highest BCUT2D eigenvalue weighted by Crippen LogP contribution is 2.22. The third-order valence-electron chi connectivity index (χ3n) is 4.33. The van der Waals surface area contributed by atoms with Gasteiger partial charge in [-0.1, -0.05) is 55.0 Å². The molecule has 0 saturated heterocycles. The molecular formula is C20H22N2O. The van der Waals surface area contributed by atoms with Crippen molar-refractivity contribution in [2.24, 2.45) is 7.05 Å². The molecule has 3 aromatic rings. The van der Waals surface area contributed by atoms with Crippen molar-refractivity contribution in [2.75, 3.05) is 0 Å². The molecule has 1 amide bonds. The van der Waals surface area contributed by atoms with E-state index in [1.165, 1.54) is 5.56 Å². The number of nitrogens with zero attached hydrogens (tertiary/aromatic N) is 1. The molecule has 1 heterocycles. The smallest absolute Gasteiger partial charge is 0.253 e. The second-order valence-electron chi connectivity index (χ2n) is 6.02. The Balaban J connectivity index is 1.88. The highest BCUT2D eigenvalue weighted by Gasteiger charge is 2.17. The summed E-state index contributed by atoms with van der Waals surface area (Å²) in [6.45, 7) is 4.16. The van der Waals surface area contributed by atoms with E-state index in [0.717, 1.165) is 28.5 Å². The zero-order chi connectivity index (χ0) is 16.4. The van der Waals surface area contributed by atoms with Gasteiger partial charge < -0.3 is 9.88 Å². The van der Waals surface area contributed by atoms with Gasteiger partial charge in [0.05, 0.1) is 11.6 Å². The number of aromatic nitrogens is 1. The molecular weight excluding hydrogens is 284 g/mol. The van der Waals surface area contributed by atoms with E-state index < -0.39 is 0 Å². The van der Waals surface area contributed by atoms with Gasteiger partial charge in [0.1, 0.15) is 0 Å². The van der Waals surface area contributed by atoms with Crippen LogP contribution in [0.1, 0.15) is 40.9 Å². The van der Waals surface area contributed by atoms with Crippen molar-refractivity contribution >= 4 is 16.8 Å². The highest BCUT2D eigenvalue weighted by molar-refractivity contribution is 6.07. The number of nitrogens with one attached hydrogen (secondary N) is 1. The third-order valence-corrected chi connectivity index (χ3v) is 4.33. The summed E-state index contributed by atoms with van der Waals surface area (Å²) >= 11 is 0. The Morgan fingerprint density at radius 2 is 1.83 bits per heavy atom. The number of benzene rings is 2. The van der Waals surface area contributed by atoms with Crippen molar-refractivity contribution in [1.82, 2.24) is 9.88 Å². The van der Waals surface area contributed by atoms with E-state index in [1.807, 2.05) is 42.1 Å². The first-order valence-corrected chi connectivity index (χ1v) is 8.01. The molecule has 0 aliphatic carbocycles. The number of carbonyl (C=O) groups excluding carboxylic acids is 1. The summed E-state index contributed by atoms with van der Waals surface area (Å²) < 4.78 is 2.00. The van der Waals surface area contributed by atoms with Crippen molar-refractivity contribution in [3.05, 3.63) is 71.4 Å². The summed E-state index contributed by atoms with van der Waals surface area (Å²) in [5, 5.41) is 4.16. The normalized spacial score (nSPS) is 12.3. The third kappa shape index (κ3) is 3.00. The molecule has 2 aromatic carbocycles. The SMILES string of the molecule is CC[C@H](NC(=O)c1cn(C)c2ccccc12)c1ccc(C)cc1. The highest BCUT2D eigenvalue weighted by atomic mass is 16.1. The summed E-state index contributed by atoms with van der Waals surface area (Å²) in [6, 6.07) is 16.4. The zero-order valence-corrected chi connectivity index (χ0v) is 13.8. The standard InChI is InChI=1S/C20H22N2O/c1-4-18(15-11-9-14(2)10-12-15)21-20(23)17-13-22(3)19-8-6-5-7-16(17)19/h5-13,18H,4H2,1-3H3,(H,21,23)/t18-/m0/s1. The van der Waals surface area contributed by atoms with Crippen LogP contribution in [0.5, 0.6) is 0 Å². The van der Waals surface area contributed by atoms with Gasteiger partial charge in [-0.15, -0.1) is 0 Å². The van der Waals surface area contributed by atoms with Crippen LogP contribution in [0.15, 0.2) is 54.7 Å². The quantitative estimate of drug-likeness (QED) is 0.763. The summed E-state index contributed by atoms with van der Waals surface area (Å²) in [7, 11) is 1.97. The summed E-state index contributed by atoms with van der Waals surface area (Å²) in [5.74, 6) is -0.0192. The molecule has 0 spiro atoms. The van der Waals surface area contributed by atoms with Crippen LogP contribution >= 0.6 is 0 Å². The minimum absolute atomic E-state index is 0.0192. The number of aryl methyl sites for hydroxylation is 2. The Labute approximate surface area is 136 Å². The average molecular weight is 306 g/mol. The molecule has 3 rings (SSSR count). The Morgan fingerprint density at radius 1 is 1.13 bits per heavy atom. The van der Waals surface area contributed by atoms with Crippen LogP contribution in [-0.4, -0.2) is 10.5 Å². The molecule has 0 radical (unpaired) electrons. The van der Waals surface area contributed by atoms with E-state index >= 15 is 0 Å². The molecule has 1 N–H and O–H groups in total. The van der Waals surface area contributed by atoms with E-state index in [1.54, 1.807) is 0 Å². The minimum Gasteiger partial charge on any atom is -0.350 e. The van der Waals surface area contributed by atoms with Crippen molar-refractivity contribution in [3.8, 4) is 0 Å². The van der Waals surface area contributed by atoms with Gasteiger partial charge in [0.25, 0.3) is 5.91 Å². The molecule has 3 nitrogen and oxygen atoms in total. The van der Waals surface area contributed by atoms with Crippen molar-refractivity contribution in [3.63, 3.8) is 0 Å². The molecule has 1 atom stereocenters. The molecule has 118 valence electrons. The first-order chi connectivity index (χ1) is 11.1. The largest absolute Gasteiger partial charge is 0.350 e. The van der Waals surface area contributed by atoms with Gasteiger partial charge in [0.2, 0.25) is 0 Å². The Bertz CT molecular complexity index is 830. The van der Waals surface area contributed by atoms with Gasteiger partial charge in [-0.05, 0) is 25.0 Å². The maximum absolute atomic E-state index is 12.8. The maximum atomic E-state index is 12.8. The Morgan fingerprint density at radius 3 is 2.52 bits per heavy atom. The second-order valence-corrected chi connectivity index (χ2v) is 6.02. The monoisotopic (exact) mass is 306 g/mol. The van der Waals surface area contributed by atoms with Crippen LogP contribution in [0.25, 0.3) is 10.9 Å².